The molecular weight excluding hydrogens is 316 g/mol. The van der Waals surface area contributed by atoms with E-state index in [1.165, 1.54) is 12.1 Å². The van der Waals surface area contributed by atoms with Crippen LogP contribution < -0.4 is 5.32 Å². The highest BCUT2D eigenvalue weighted by molar-refractivity contribution is 6.31. The second kappa shape index (κ2) is 6.53. The molecule has 22 heavy (non-hydrogen) atoms. The molecule has 0 spiro atoms. The van der Waals surface area contributed by atoms with Crippen molar-refractivity contribution in [2.24, 2.45) is 0 Å². The van der Waals surface area contributed by atoms with E-state index in [1.54, 1.807) is 12.1 Å². The first-order chi connectivity index (χ1) is 10.4. The topological polar surface area (TPSA) is 55.4 Å². The summed E-state index contributed by atoms with van der Waals surface area (Å²) >= 11 is 5.76. The molecule has 4 nitrogen and oxygen atoms in total. The van der Waals surface area contributed by atoms with Crippen LogP contribution in [-0.4, -0.2) is 19.0 Å². The van der Waals surface area contributed by atoms with E-state index < -0.39 is 29.1 Å². The van der Waals surface area contributed by atoms with E-state index in [0.29, 0.717) is 11.1 Å². The van der Waals surface area contributed by atoms with Crippen molar-refractivity contribution in [3.63, 3.8) is 0 Å². The van der Waals surface area contributed by atoms with Gasteiger partial charge in [-0.15, -0.1) is 0 Å². The summed E-state index contributed by atoms with van der Waals surface area (Å²) in [6.07, 6.45) is 0. The van der Waals surface area contributed by atoms with Crippen LogP contribution in [-0.2, 0) is 4.74 Å². The molecule has 114 valence electrons. The van der Waals surface area contributed by atoms with Crippen LogP contribution in [0.2, 0.25) is 5.02 Å². The number of benzene rings is 2. The van der Waals surface area contributed by atoms with Crippen molar-refractivity contribution in [1.29, 1.82) is 0 Å². The maximum absolute atomic E-state index is 13.7. The minimum absolute atomic E-state index is 0.191. The molecule has 0 aromatic heterocycles. The van der Waals surface area contributed by atoms with Gasteiger partial charge in [0.25, 0.3) is 5.91 Å². The molecule has 0 saturated heterocycles. The lowest BCUT2D eigenvalue weighted by Crippen LogP contribution is -2.14. The Morgan fingerprint density at radius 1 is 1.14 bits per heavy atom. The van der Waals surface area contributed by atoms with Gasteiger partial charge in [-0.1, -0.05) is 17.7 Å². The fraction of sp³-hybridized carbons (Fsp3) is 0.0667. The second-order valence-corrected chi connectivity index (χ2v) is 4.70. The Kier molecular flexibility index (Phi) is 4.72. The molecule has 0 fully saturated rings. The van der Waals surface area contributed by atoms with Crippen LogP contribution >= 0.6 is 11.6 Å². The predicted octanol–water partition coefficient (Wildman–Crippen LogP) is 3.66. The molecular formula is C15H10ClF2NO3. The Morgan fingerprint density at radius 3 is 2.50 bits per heavy atom. The van der Waals surface area contributed by atoms with Crippen molar-refractivity contribution in [1.82, 2.24) is 0 Å². The van der Waals surface area contributed by atoms with Gasteiger partial charge in [0.2, 0.25) is 0 Å². The van der Waals surface area contributed by atoms with Crippen LogP contribution in [0.4, 0.5) is 14.5 Å². The van der Waals surface area contributed by atoms with E-state index >= 15 is 0 Å². The lowest BCUT2D eigenvalue weighted by Gasteiger charge is -2.09. The van der Waals surface area contributed by atoms with E-state index in [-0.39, 0.29) is 11.3 Å². The number of halogens is 3. The third kappa shape index (κ3) is 3.40. The summed E-state index contributed by atoms with van der Waals surface area (Å²) in [7, 11) is 1.06. The first-order valence-corrected chi connectivity index (χ1v) is 6.44. The van der Waals surface area contributed by atoms with Gasteiger partial charge in [-0.25, -0.2) is 13.6 Å². The molecule has 1 N–H and O–H groups in total. The minimum atomic E-state index is -1.08. The molecule has 0 aliphatic carbocycles. The van der Waals surface area contributed by atoms with Crippen molar-refractivity contribution in [2.45, 2.75) is 0 Å². The molecule has 0 atom stereocenters. The molecule has 0 heterocycles. The quantitative estimate of drug-likeness (QED) is 0.876. The number of anilines is 1. The maximum atomic E-state index is 13.7. The van der Waals surface area contributed by atoms with Gasteiger partial charge in [0.15, 0.2) is 0 Å². The second-order valence-electron chi connectivity index (χ2n) is 4.27. The Labute approximate surface area is 129 Å². The number of hydrogen-bond acceptors (Lipinski definition) is 3. The largest absolute Gasteiger partial charge is 0.465 e. The van der Waals surface area contributed by atoms with Gasteiger partial charge < -0.3 is 10.1 Å². The number of carbonyl (C=O) groups excluding carboxylic acids is 2. The molecule has 0 unspecified atom stereocenters. The van der Waals surface area contributed by atoms with Crippen LogP contribution in [0.15, 0.2) is 36.4 Å². The minimum Gasteiger partial charge on any atom is -0.465 e. The number of amides is 1. The van der Waals surface area contributed by atoms with Gasteiger partial charge in [-0.2, -0.15) is 0 Å². The van der Waals surface area contributed by atoms with Crippen LogP contribution in [0.5, 0.6) is 0 Å². The lowest BCUT2D eigenvalue weighted by atomic mass is 10.1. The molecule has 0 aliphatic rings. The summed E-state index contributed by atoms with van der Waals surface area (Å²) in [6.45, 7) is 0. The third-order valence-electron chi connectivity index (χ3n) is 2.80. The number of carbonyl (C=O) groups is 2. The highest BCUT2D eigenvalue weighted by atomic mass is 35.5. The van der Waals surface area contributed by atoms with Crippen LogP contribution in [0.25, 0.3) is 0 Å². The van der Waals surface area contributed by atoms with Gasteiger partial charge in [0.05, 0.1) is 18.4 Å². The molecule has 0 aliphatic heterocycles. The number of ether oxygens (including phenoxy) is 1. The predicted molar refractivity (Wildman–Crippen MR) is 77.1 cm³/mol. The molecule has 0 bridgehead atoms. The van der Waals surface area contributed by atoms with Crippen molar-refractivity contribution in [3.8, 4) is 0 Å². The highest BCUT2D eigenvalue weighted by Crippen LogP contribution is 2.21. The monoisotopic (exact) mass is 325 g/mol. The van der Waals surface area contributed by atoms with Crippen LogP contribution in [0, 0.1) is 11.6 Å². The van der Waals surface area contributed by atoms with E-state index in [2.05, 4.69) is 10.1 Å². The van der Waals surface area contributed by atoms with Crippen LogP contribution in [0.1, 0.15) is 20.7 Å². The van der Waals surface area contributed by atoms with Gasteiger partial charge in [-0.05, 0) is 24.3 Å². The highest BCUT2D eigenvalue weighted by Gasteiger charge is 2.18. The van der Waals surface area contributed by atoms with Gasteiger partial charge in [0, 0.05) is 16.7 Å². The first-order valence-electron chi connectivity index (χ1n) is 6.06. The first kappa shape index (κ1) is 15.9. The van der Waals surface area contributed by atoms with Gasteiger partial charge >= 0.3 is 5.97 Å². The molecule has 2 aromatic carbocycles. The van der Waals surface area contributed by atoms with Crippen LogP contribution in [0.3, 0.4) is 0 Å². The Balaban J connectivity index is 2.33. The number of methoxy groups -OCH3 is 1. The zero-order valence-corrected chi connectivity index (χ0v) is 12.1. The Bertz CT molecular complexity index is 750. The molecule has 7 heteroatoms. The van der Waals surface area contributed by atoms with Crippen molar-refractivity contribution in [3.05, 3.63) is 64.2 Å². The SMILES string of the molecule is COC(=O)c1cc(NC(=O)c2cccc(Cl)c2)c(F)cc1F. The van der Waals surface area contributed by atoms with Crippen molar-refractivity contribution in [2.75, 3.05) is 12.4 Å². The zero-order chi connectivity index (χ0) is 16.3. The van der Waals surface area contributed by atoms with E-state index in [1.807, 2.05) is 0 Å². The smallest absolute Gasteiger partial charge is 0.340 e. The van der Waals surface area contributed by atoms with Crippen molar-refractivity contribution >= 4 is 29.2 Å². The van der Waals surface area contributed by atoms with Gasteiger partial charge in [-0.3, -0.25) is 4.79 Å². The zero-order valence-electron chi connectivity index (χ0n) is 11.3. The molecule has 2 aromatic rings. The summed E-state index contributed by atoms with van der Waals surface area (Å²) in [5.41, 5.74) is -0.632. The Hall–Kier alpha value is -2.47. The number of hydrogen-bond donors (Lipinski definition) is 1. The molecule has 0 saturated carbocycles. The lowest BCUT2D eigenvalue weighted by molar-refractivity contribution is 0.0595. The summed E-state index contributed by atoms with van der Waals surface area (Å²) < 4.78 is 31.6. The van der Waals surface area contributed by atoms with E-state index in [9.17, 15) is 18.4 Å². The maximum Gasteiger partial charge on any atom is 0.340 e. The molecule has 1 amide bonds. The normalized spacial score (nSPS) is 10.2. The summed E-state index contributed by atoms with van der Waals surface area (Å²) in [5.74, 6) is -3.72. The summed E-state index contributed by atoms with van der Waals surface area (Å²) in [6, 6.07) is 7.37. The van der Waals surface area contributed by atoms with E-state index in [4.69, 9.17) is 11.6 Å². The standard InChI is InChI=1S/C15H10ClF2NO3/c1-22-15(21)10-6-13(12(18)7-11(10)17)19-14(20)8-3-2-4-9(16)5-8/h2-7H,1H3,(H,19,20). The van der Waals surface area contributed by atoms with Gasteiger partial charge in [0.1, 0.15) is 11.6 Å². The fourth-order valence-electron chi connectivity index (χ4n) is 1.74. The number of rotatable bonds is 3. The number of nitrogens with one attached hydrogen (secondary N) is 1. The summed E-state index contributed by atoms with van der Waals surface area (Å²) in [4.78, 5) is 23.4. The molecule has 2 rings (SSSR count). The summed E-state index contributed by atoms with van der Waals surface area (Å²) in [5, 5.41) is 2.59. The average Bonchev–Trinajstić information content (AvgIpc) is 2.49. The average molecular weight is 326 g/mol. The van der Waals surface area contributed by atoms with E-state index in [0.717, 1.165) is 13.2 Å². The molecule has 0 radical (unpaired) electrons. The number of esters is 1. The fourth-order valence-corrected chi connectivity index (χ4v) is 1.93. The Morgan fingerprint density at radius 2 is 1.86 bits per heavy atom. The van der Waals surface area contributed by atoms with Crippen molar-refractivity contribution < 1.29 is 23.1 Å². The third-order valence-corrected chi connectivity index (χ3v) is 3.03.